The zero-order valence-corrected chi connectivity index (χ0v) is 17.5. The number of ketones is 1. The maximum Gasteiger partial charge on any atom is 0.161 e. The van der Waals surface area contributed by atoms with Gasteiger partial charge in [0.25, 0.3) is 0 Å². The third kappa shape index (κ3) is 4.98. The van der Waals surface area contributed by atoms with Gasteiger partial charge in [-0.1, -0.05) is 42.5 Å². The molecule has 0 atom stereocenters. The maximum atomic E-state index is 14.9. The number of hydrogen-bond acceptors (Lipinski definition) is 2. The standard InChI is InChI=1S/C25H30FNO/c1-7-24(26)25(21-10-8-15(2)9-11-21)17(4)16(3)22(20-12-13-20)14-23(18(5)27)19(6)28/h7-11,14,20H,5,12-13,27H2,1-4,6H3/b22-16-,23-14-,24-7+,25-17-. The van der Waals surface area contributed by atoms with Gasteiger partial charge in [0.15, 0.2) is 5.78 Å². The van der Waals surface area contributed by atoms with E-state index in [4.69, 9.17) is 5.73 Å². The highest BCUT2D eigenvalue weighted by Crippen LogP contribution is 2.42. The lowest BCUT2D eigenvalue weighted by Gasteiger charge is -2.16. The van der Waals surface area contributed by atoms with Crippen molar-refractivity contribution in [3.8, 4) is 0 Å². The van der Waals surface area contributed by atoms with Crippen molar-refractivity contribution in [3.63, 3.8) is 0 Å². The van der Waals surface area contributed by atoms with E-state index >= 15 is 0 Å². The molecule has 0 amide bonds. The highest BCUT2D eigenvalue weighted by molar-refractivity contribution is 5.97. The van der Waals surface area contributed by atoms with E-state index in [1.54, 1.807) is 6.92 Å². The third-order valence-electron chi connectivity index (χ3n) is 5.25. The Bertz CT molecular complexity index is 890. The summed E-state index contributed by atoms with van der Waals surface area (Å²) in [6.07, 6.45) is 5.46. The predicted molar refractivity (Wildman–Crippen MR) is 116 cm³/mol. The van der Waals surface area contributed by atoms with Gasteiger partial charge >= 0.3 is 0 Å². The Kier molecular flexibility index (Phi) is 6.95. The second-order valence-corrected chi connectivity index (χ2v) is 7.50. The van der Waals surface area contributed by atoms with E-state index in [-0.39, 0.29) is 17.3 Å². The minimum Gasteiger partial charge on any atom is -0.399 e. The molecule has 1 fully saturated rings. The Labute approximate surface area is 168 Å². The van der Waals surface area contributed by atoms with Crippen LogP contribution in [0.15, 0.2) is 76.8 Å². The summed E-state index contributed by atoms with van der Waals surface area (Å²) in [5.41, 5.74) is 12.0. The van der Waals surface area contributed by atoms with Gasteiger partial charge in [0, 0.05) is 16.8 Å². The summed E-state index contributed by atoms with van der Waals surface area (Å²) in [5.74, 6) is 0.00455. The van der Waals surface area contributed by atoms with Crippen LogP contribution in [0.3, 0.4) is 0 Å². The Morgan fingerprint density at radius 3 is 2.14 bits per heavy atom. The van der Waals surface area contributed by atoms with Crippen molar-refractivity contribution in [3.05, 3.63) is 87.9 Å². The largest absolute Gasteiger partial charge is 0.399 e. The third-order valence-corrected chi connectivity index (χ3v) is 5.25. The predicted octanol–water partition coefficient (Wildman–Crippen LogP) is 6.36. The average molecular weight is 380 g/mol. The quantitative estimate of drug-likeness (QED) is 0.443. The van der Waals surface area contributed by atoms with E-state index < -0.39 is 0 Å². The van der Waals surface area contributed by atoms with E-state index in [9.17, 15) is 9.18 Å². The monoisotopic (exact) mass is 379 g/mol. The molecule has 0 spiro atoms. The van der Waals surface area contributed by atoms with E-state index in [2.05, 4.69) is 6.58 Å². The number of nitrogens with two attached hydrogens (primary N) is 1. The van der Waals surface area contributed by atoms with Crippen molar-refractivity contribution in [1.29, 1.82) is 0 Å². The van der Waals surface area contributed by atoms with Crippen molar-refractivity contribution in [2.45, 2.75) is 47.5 Å². The molecule has 28 heavy (non-hydrogen) atoms. The summed E-state index contributed by atoms with van der Waals surface area (Å²) < 4.78 is 14.9. The van der Waals surface area contributed by atoms with Crippen molar-refractivity contribution >= 4 is 11.4 Å². The fourth-order valence-corrected chi connectivity index (χ4v) is 3.30. The van der Waals surface area contributed by atoms with Gasteiger partial charge in [0.1, 0.15) is 5.83 Å². The zero-order chi connectivity index (χ0) is 21.0. The van der Waals surface area contributed by atoms with Crippen molar-refractivity contribution in [2.75, 3.05) is 0 Å². The first-order chi connectivity index (χ1) is 13.2. The van der Waals surface area contributed by atoms with Crippen LogP contribution >= 0.6 is 0 Å². The molecule has 0 bridgehead atoms. The Morgan fingerprint density at radius 2 is 1.71 bits per heavy atom. The summed E-state index contributed by atoms with van der Waals surface area (Å²) in [6.45, 7) is 12.9. The molecule has 1 aliphatic rings. The van der Waals surface area contributed by atoms with Crippen LogP contribution in [0.25, 0.3) is 5.57 Å². The fourth-order valence-electron chi connectivity index (χ4n) is 3.30. The Morgan fingerprint density at radius 1 is 1.14 bits per heavy atom. The first-order valence-electron chi connectivity index (χ1n) is 9.66. The van der Waals surface area contributed by atoms with Crippen LogP contribution in [-0.2, 0) is 4.79 Å². The second kappa shape index (κ2) is 9.01. The SMILES string of the molecule is C=C(N)/C(=C/C(=C(C)/C(C)=C(\C(F)=C/C)c1ccc(C)cc1)C1CC1)C(C)=O. The molecule has 2 nitrogen and oxygen atoms in total. The van der Waals surface area contributed by atoms with E-state index in [0.29, 0.717) is 17.1 Å². The number of allylic oxidation sites excluding steroid dienone is 8. The number of halogens is 1. The Hall–Kier alpha value is -2.68. The number of carbonyl (C=O) groups excluding carboxylic acids is 1. The summed E-state index contributed by atoms with van der Waals surface area (Å²) in [4.78, 5) is 12.0. The molecule has 0 aliphatic heterocycles. The van der Waals surface area contributed by atoms with Crippen molar-refractivity contribution in [1.82, 2.24) is 0 Å². The topological polar surface area (TPSA) is 43.1 Å². The molecule has 3 heteroatoms. The van der Waals surface area contributed by atoms with Crippen LogP contribution in [0.4, 0.5) is 4.39 Å². The van der Waals surface area contributed by atoms with Crippen LogP contribution in [-0.4, -0.2) is 5.78 Å². The molecule has 0 radical (unpaired) electrons. The summed E-state index contributed by atoms with van der Waals surface area (Å²) in [6, 6.07) is 7.86. The highest BCUT2D eigenvalue weighted by Gasteiger charge is 2.28. The van der Waals surface area contributed by atoms with Crippen molar-refractivity contribution < 1.29 is 9.18 Å². The molecule has 0 aromatic heterocycles. The van der Waals surface area contributed by atoms with E-state index in [1.807, 2.05) is 51.1 Å². The van der Waals surface area contributed by atoms with Gasteiger partial charge in [0.2, 0.25) is 0 Å². The smallest absolute Gasteiger partial charge is 0.161 e. The Balaban J connectivity index is 2.72. The molecule has 1 aromatic rings. The van der Waals surface area contributed by atoms with Gasteiger partial charge in [-0.05, 0) is 81.7 Å². The lowest BCUT2D eigenvalue weighted by molar-refractivity contribution is -0.113. The number of carbonyl (C=O) groups is 1. The first kappa shape index (κ1) is 21.6. The number of hydrogen-bond donors (Lipinski definition) is 1. The van der Waals surface area contributed by atoms with Gasteiger partial charge < -0.3 is 5.73 Å². The first-order valence-corrected chi connectivity index (χ1v) is 9.66. The highest BCUT2D eigenvalue weighted by atomic mass is 19.1. The van der Waals surface area contributed by atoms with Crippen LogP contribution in [0.1, 0.15) is 51.7 Å². The molecule has 0 saturated heterocycles. The molecule has 2 N–H and O–H groups in total. The van der Waals surface area contributed by atoms with E-state index in [1.165, 1.54) is 13.0 Å². The van der Waals surface area contributed by atoms with Gasteiger partial charge in [0.05, 0.1) is 0 Å². The molecule has 0 unspecified atom stereocenters. The lowest BCUT2D eigenvalue weighted by Crippen LogP contribution is -2.08. The summed E-state index contributed by atoms with van der Waals surface area (Å²) in [7, 11) is 0. The summed E-state index contributed by atoms with van der Waals surface area (Å²) >= 11 is 0. The van der Waals surface area contributed by atoms with Gasteiger partial charge in [-0.15, -0.1) is 0 Å². The molecule has 0 heterocycles. The number of rotatable bonds is 7. The molecule has 1 aromatic carbocycles. The minimum atomic E-state index is -0.255. The van der Waals surface area contributed by atoms with E-state index in [0.717, 1.165) is 40.7 Å². The van der Waals surface area contributed by atoms with Crippen LogP contribution in [0.5, 0.6) is 0 Å². The fraction of sp³-hybridized carbons (Fsp3) is 0.320. The average Bonchev–Trinajstić information content (AvgIpc) is 3.47. The van der Waals surface area contributed by atoms with Crippen LogP contribution < -0.4 is 5.73 Å². The molecular weight excluding hydrogens is 349 g/mol. The van der Waals surface area contributed by atoms with Crippen molar-refractivity contribution in [2.24, 2.45) is 11.7 Å². The van der Waals surface area contributed by atoms with Gasteiger partial charge in [-0.3, -0.25) is 4.79 Å². The maximum absolute atomic E-state index is 14.9. The van der Waals surface area contributed by atoms with Crippen LogP contribution in [0, 0.1) is 12.8 Å². The summed E-state index contributed by atoms with van der Waals surface area (Å²) in [5, 5.41) is 0. The molecule has 1 aliphatic carbocycles. The van der Waals surface area contributed by atoms with Gasteiger partial charge in [-0.25, -0.2) is 4.39 Å². The minimum absolute atomic E-state index is 0.113. The number of aryl methyl sites for hydroxylation is 1. The normalized spacial score (nSPS) is 17.1. The number of Topliss-reactive ketones (excluding diaryl/α,β-unsaturated/α-hetero) is 1. The second-order valence-electron chi connectivity index (χ2n) is 7.50. The molecular formula is C25H30FNO. The van der Waals surface area contributed by atoms with Gasteiger partial charge in [-0.2, -0.15) is 0 Å². The molecule has 1 saturated carbocycles. The molecule has 148 valence electrons. The zero-order valence-electron chi connectivity index (χ0n) is 17.5. The lowest BCUT2D eigenvalue weighted by atomic mass is 9.89. The van der Waals surface area contributed by atoms with Crippen LogP contribution in [0.2, 0.25) is 0 Å². The molecule has 2 rings (SSSR count). The number of benzene rings is 1.